The van der Waals surface area contributed by atoms with Gasteiger partial charge in [-0.3, -0.25) is 4.79 Å². The van der Waals surface area contributed by atoms with Crippen LogP contribution >= 0.6 is 11.6 Å². The summed E-state index contributed by atoms with van der Waals surface area (Å²) >= 11 is 6.07. The van der Waals surface area contributed by atoms with Gasteiger partial charge >= 0.3 is 0 Å². The number of nitrogens with one attached hydrogen (secondary N) is 1. The van der Waals surface area contributed by atoms with Crippen molar-refractivity contribution >= 4 is 28.8 Å². The van der Waals surface area contributed by atoms with Crippen LogP contribution in [0, 0.1) is 0 Å². The summed E-state index contributed by atoms with van der Waals surface area (Å²) in [4.78, 5) is 10.9. The van der Waals surface area contributed by atoms with E-state index in [2.05, 4.69) is 11.9 Å². The summed E-state index contributed by atoms with van der Waals surface area (Å²) in [5.41, 5.74) is 2.36. The Bertz CT molecular complexity index is 385. The van der Waals surface area contributed by atoms with Gasteiger partial charge in [-0.15, -0.1) is 0 Å². The molecule has 2 nitrogen and oxygen atoms in total. The maximum atomic E-state index is 10.9. The molecule has 14 heavy (non-hydrogen) atoms. The van der Waals surface area contributed by atoms with E-state index >= 15 is 0 Å². The van der Waals surface area contributed by atoms with E-state index in [-0.39, 0.29) is 5.91 Å². The molecule has 0 aliphatic rings. The van der Waals surface area contributed by atoms with Crippen molar-refractivity contribution in [1.29, 1.82) is 0 Å². The number of hydrogen-bond donors (Lipinski definition) is 1. The fraction of sp³-hybridized carbons (Fsp3) is 0.182. The number of anilines is 1. The summed E-state index contributed by atoms with van der Waals surface area (Å²) in [5, 5.41) is 3.19. The third-order valence-electron chi connectivity index (χ3n) is 1.77. The number of benzene rings is 1. The van der Waals surface area contributed by atoms with Crippen molar-refractivity contribution in [3.8, 4) is 0 Å². The van der Waals surface area contributed by atoms with Crippen molar-refractivity contribution in [1.82, 2.24) is 0 Å². The van der Waals surface area contributed by atoms with E-state index in [1.807, 2.05) is 19.1 Å². The summed E-state index contributed by atoms with van der Waals surface area (Å²) in [7, 11) is 0. The van der Waals surface area contributed by atoms with Crippen LogP contribution in [0.4, 0.5) is 5.69 Å². The van der Waals surface area contributed by atoms with Crippen molar-refractivity contribution < 1.29 is 4.79 Å². The third-order valence-corrected chi connectivity index (χ3v) is 2.18. The average molecular weight is 210 g/mol. The summed E-state index contributed by atoms with van der Waals surface area (Å²) in [6, 6.07) is 5.47. The van der Waals surface area contributed by atoms with Gasteiger partial charge in [0.1, 0.15) is 0 Å². The molecule has 0 unspecified atom stereocenters. The van der Waals surface area contributed by atoms with Gasteiger partial charge in [-0.1, -0.05) is 30.3 Å². The Balaban J connectivity index is 3.13. The van der Waals surface area contributed by atoms with E-state index in [9.17, 15) is 4.79 Å². The molecular weight excluding hydrogens is 198 g/mol. The van der Waals surface area contributed by atoms with Crippen LogP contribution in [-0.4, -0.2) is 5.91 Å². The van der Waals surface area contributed by atoms with Gasteiger partial charge in [0, 0.05) is 6.92 Å². The maximum Gasteiger partial charge on any atom is 0.221 e. The molecule has 1 aromatic rings. The molecule has 0 radical (unpaired) electrons. The molecule has 1 rings (SSSR count). The zero-order valence-corrected chi connectivity index (χ0v) is 8.98. The highest BCUT2D eigenvalue weighted by Crippen LogP contribution is 2.29. The van der Waals surface area contributed by atoms with Gasteiger partial charge in [0.2, 0.25) is 5.91 Å². The van der Waals surface area contributed by atoms with E-state index < -0.39 is 0 Å². The first kappa shape index (κ1) is 10.8. The molecule has 0 bridgehead atoms. The average Bonchev–Trinajstić information content (AvgIpc) is 2.07. The van der Waals surface area contributed by atoms with Crippen molar-refractivity contribution in [3.63, 3.8) is 0 Å². The Morgan fingerprint density at radius 2 is 2.07 bits per heavy atom. The molecule has 1 amide bonds. The maximum absolute atomic E-state index is 10.9. The molecule has 0 heterocycles. The van der Waals surface area contributed by atoms with Gasteiger partial charge < -0.3 is 5.32 Å². The number of amides is 1. The lowest BCUT2D eigenvalue weighted by Gasteiger charge is -2.09. The molecule has 1 aromatic carbocycles. The third kappa shape index (κ3) is 2.36. The van der Waals surface area contributed by atoms with E-state index in [1.165, 1.54) is 6.92 Å². The van der Waals surface area contributed by atoms with Crippen LogP contribution in [0.25, 0.3) is 5.57 Å². The Hall–Kier alpha value is -1.28. The van der Waals surface area contributed by atoms with Crippen LogP contribution in [-0.2, 0) is 4.79 Å². The van der Waals surface area contributed by atoms with Crippen molar-refractivity contribution in [2.45, 2.75) is 13.8 Å². The fourth-order valence-corrected chi connectivity index (χ4v) is 1.48. The SMILES string of the molecule is C=C(C)c1cccc(NC(C)=O)c1Cl. The van der Waals surface area contributed by atoms with Crippen molar-refractivity contribution in [3.05, 3.63) is 35.4 Å². The Morgan fingerprint density at radius 3 is 2.57 bits per heavy atom. The highest BCUT2D eigenvalue weighted by molar-refractivity contribution is 6.35. The van der Waals surface area contributed by atoms with Crippen LogP contribution in [0.3, 0.4) is 0 Å². The summed E-state index contributed by atoms with van der Waals surface area (Å²) < 4.78 is 0. The lowest BCUT2D eigenvalue weighted by Crippen LogP contribution is -2.06. The first-order valence-electron chi connectivity index (χ1n) is 4.24. The quantitative estimate of drug-likeness (QED) is 0.796. The predicted octanol–water partition coefficient (Wildman–Crippen LogP) is 3.33. The minimum absolute atomic E-state index is 0.134. The van der Waals surface area contributed by atoms with Gasteiger partial charge in [0.05, 0.1) is 10.7 Å². The molecule has 0 aromatic heterocycles. The molecule has 0 atom stereocenters. The van der Waals surface area contributed by atoms with Crippen LogP contribution in [0.2, 0.25) is 5.02 Å². The lowest BCUT2D eigenvalue weighted by molar-refractivity contribution is -0.114. The number of carbonyl (C=O) groups is 1. The first-order valence-corrected chi connectivity index (χ1v) is 4.62. The number of hydrogen-bond acceptors (Lipinski definition) is 1. The monoisotopic (exact) mass is 209 g/mol. The molecule has 0 saturated heterocycles. The van der Waals surface area contributed by atoms with Crippen molar-refractivity contribution in [2.24, 2.45) is 0 Å². The number of allylic oxidation sites excluding steroid dienone is 1. The molecule has 74 valence electrons. The predicted molar refractivity (Wildman–Crippen MR) is 60.5 cm³/mol. The standard InChI is InChI=1S/C11H12ClNO/c1-7(2)9-5-4-6-10(11(9)12)13-8(3)14/h4-6H,1H2,2-3H3,(H,13,14). The topological polar surface area (TPSA) is 29.1 Å². The molecule has 0 saturated carbocycles. The zero-order chi connectivity index (χ0) is 10.7. The van der Waals surface area contributed by atoms with E-state index in [1.54, 1.807) is 6.07 Å². The van der Waals surface area contributed by atoms with E-state index in [4.69, 9.17) is 11.6 Å². The molecule has 3 heteroatoms. The summed E-state index contributed by atoms with van der Waals surface area (Å²) in [6.07, 6.45) is 0. The smallest absolute Gasteiger partial charge is 0.221 e. The normalized spacial score (nSPS) is 9.64. The zero-order valence-electron chi connectivity index (χ0n) is 8.23. The number of carbonyl (C=O) groups excluding carboxylic acids is 1. The number of rotatable bonds is 2. The van der Waals surface area contributed by atoms with Crippen LogP contribution < -0.4 is 5.32 Å². The molecular formula is C11H12ClNO. The minimum atomic E-state index is -0.134. The highest BCUT2D eigenvalue weighted by Gasteiger charge is 2.06. The second-order valence-electron chi connectivity index (χ2n) is 3.13. The Morgan fingerprint density at radius 1 is 1.43 bits per heavy atom. The van der Waals surface area contributed by atoms with Gasteiger partial charge in [-0.25, -0.2) is 0 Å². The second kappa shape index (κ2) is 4.29. The van der Waals surface area contributed by atoms with Crippen LogP contribution in [0.5, 0.6) is 0 Å². The molecule has 0 aliphatic heterocycles. The Kier molecular flexibility index (Phi) is 3.31. The second-order valence-corrected chi connectivity index (χ2v) is 3.51. The first-order chi connectivity index (χ1) is 6.52. The Labute approximate surface area is 88.6 Å². The molecule has 0 fully saturated rings. The van der Waals surface area contributed by atoms with Gasteiger partial charge in [-0.05, 0) is 24.1 Å². The van der Waals surface area contributed by atoms with Crippen LogP contribution in [0.15, 0.2) is 24.8 Å². The van der Waals surface area contributed by atoms with E-state index in [0.29, 0.717) is 10.7 Å². The van der Waals surface area contributed by atoms with Gasteiger partial charge in [0.15, 0.2) is 0 Å². The van der Waals surface area contributed by atoms with Crippen LogP contribution in [0.1, 0.15) is 19.4 Å². The van der Waals surface area contributed by atoms with Gasteiger partial charge in [0.25, 0.3) is 0 Å². The van der Waals surface area contributed by atoms with E-state index in [0.717, 1.165) is 11.1 Å². The largest absolute Gasteiger partial charge is 0.325 e. The van der Waals surface area contributed by atoms with Gasteiger partial charge in [-0.2, -0.15) is 0 Å². The summed E-state index contributed by atoms with van der Waals surface area (Å²) in [5.74, 6) is -0.134. The minimum Gasteiger partial charge on any atom is -0.325 e. The highest BCUT2D eigenvalue weighted by atomic mass is 35.5. The molecule has 0 aliphatic carbocycles. The van der Waals surface area contributed by atoms with Crippen molar-refractivity contribution in [2.75, 3.05) is 5.32 Å². The lowest BCUT2D eigenvalue weighted by atomic mass is 10.1. The molecule has 0 spiro atoms. The summed E-state index contributed by atoms with van der Waals surface area (Å²) in [6.45, 7) is 7.13. The number of halogens is 1. The fourth-order valence-electron chi connectivity index (χ4n) is 1.15. The molecule has 1 N–H and O–H groups in total.